The van der Waals surface area contributed by atoms with Crippen LogP contribution in [0.25, 0.3) is 11.1 Å². The van der Waals surface area contributed by atoms with Gasteiger partial charge in [-0.2, -0.15) is 0 Å². The van der Waals surface area contributed by atoms with Crippen molar-refractivity contribution in [3.05, 3.63) is 40.8 Å². The molecule has 0 atom stereocenters. The van der Waals surface area contributed by atoms with E-state index in [1.807, 2.05) is 36.6 Å². The van der Waals surface area contributed by atoms with E-state index < -0.39 is 12.1 Å². The van der Waals surface area contributed by atoms with E-state index in [0.29, 0.717) is 10.6 Å². The lowest BCUT2D eigenvalue weighted by Gasteiger charge is -2.09. The number of nitrogens with one attached hydrogen (secondary N) is 1. The summed E-state index contributed by atoms with van der Waals surface area (Å²) in [4.78, 5) is 24.0. The summed E-state index contributed by atoms with van der Waals surface area (Å²) in [5.41, 5.74) is 3.12. The largest absolute Gasteiger partial charge is 0.462 e. The molecule has 0 saturated heterocycles. The Kier molecular flexibility index (Phi) is 5.76. The van der Waals surface area contributed by atoms with Crippen LogP contribution >= 0.6 is 11.3 Å². The van der Waals surface area contributed by atoms with Gasteiger partial charge in [0.25, 0.3) is 0 Å². The lowest BCUT2D eigenvalue weighted by molar-refractivity contribution is 0.0529. The fourth-order valence-electron chi connectivity index (χ4n) is 2.06. The van der Waals surface area contributed by atoms with Gasteiger partial charge in [-0.3, -0.25) is 5.32 Å². The van der Waals surface area contributed by atoms with E-state index in [4.69, 9.17) is 9.47 Å². The van der Waals surface area contributed by atoms with Gasteiger partial charge in [0.05, 0.1) is 13.2 Å². The van der Waals surface area contributed by atoms with E-state index >= 15 is 0 Å². The third-order valence-corrected chi connectivity index (χ3v) is 4.02. The number of amides is 1. The average molecular weight is 333 g/mol. The summed E-state index contributed by atoms with van der Waals surface area (Å²) in [5, 5.41) is 4.87. The third kappa shape index (κ3) is 4.10. The molecule has 2 rings (SSSR count). The van der Waals surface area contributed by atoms with Gasteiger partial charge in [0.2, 0.25) is 0 Å². The van der Waals surface area contributed by atoms with Crippen molar-refractivity contribution in [1.29, 1.82) is 0 Å². The van der Waals surface area contributed by atoms with E-state index in [1.165, 1.54) is 11.3 Å². The Hall–Kier alpha value is -2.34. The second kappa shape index (κ2) is 7.78. The van der Waals surface area contributed by atoms with Crippen molar-refractivity contribution in [3.8, 4) is 11.1 Å². The van der Waals surface area contributed by atoms with Gasteiger partial charge in [0.15, 0.2) is 0 Å². The first-order valence-corrected chi connectivity index (χ1v) is 8.24. The summed E-state index contributed by atoms with van der Waals surface area (Å²) >= 11 is 1.27. The molecule has 1 aromatic carbocycles. The molecule has 0 aliphatic heterocycles. The molecule has 0 bridgehead atoms. The maximum Gasteiger partial charge on any atom is 0.412 e. The molecule has 1 heterocycles. The molecule has 6 heteroatoms. The van der Waals surface area contributed by atoms with Crippen molar-refractivity contribution < 1.29 is 19.1 Å². The topological polar surface area (TPSA) is 64.6 Å². The minimum atomic E-state index is -0.588. The van der Waals surface area contributed by atoms with Gasteiger partial charge >= 0.3 is 12.1 Å². The number of esters is 1. The van der Waals surface area contributed by atoms with Crippen LogP contribution in [0.2, 0.25) is 0 Å². The van der Waals surface area contributed by atoms with Gasteiger partial charge in [0.1, 0.15) is 10.6 Å². The van der Waals surface area contributed by atoms with E-state index in [2.05, 4.69) is 5.32 Å². The average Bonchev–Trinajstić information content (AvgIpc) is 2.92. The zero-order valence-electron chi connectivity index (χ0n) is 13.3. The summed E-state index contributed by atoms with van der Waals surface area (Å²) in [5.74, 6) is -0.462. The maximum absolute atomic E-state index is 12.3. The molecule has 23 heavy (non-hydrogen) atoms. The van der Waals surface area contributed by atoms with Crippen LogP contribution in [0.15, 0.2) is 29.6 Å². The summed E-state index contributed by atoms with van der Waals surface area (Å²) in [7, 11) is 0. The number of ether oxygens (including phenoxy) is 2. The molecule has 0 radical (unpaired) electrons. The highest BCUT2D eigenvalue weighted by molar-refractivity contribution is 7.15. The molecule has 1 N–H and O–H groups in total. The van der Waals surface area contributed by atoms with Crippen LogP contribution < -0.4 is 5.32 Å². The van der Waals surface area contributed by atoms with Crippen LogP contribution in [0.3, 0.4) is 0 Å². The van der Waals surface area contributed by atoms with E-state index in [-0.39, 0.29) is 13.2 Å². The standard InChI is InChI=1S/C17H19NO4S/c1-4-21-16(19)14-13(12-8-6-11(3)7-9-12)10-23-15(14)18-17(20)22-5-2/h6-10H,4-5H2,1-3H3,(H,18,20). The number of carbonyl (C=O) groups excluding carboxylic acids is 2. The van der Waals surface area contributed by atoms with Crippen LogP contribution in [0.4, 0.5) is 9.80 Å². The summed E-state index contributed by atoms with van der Waals surface area (Å²) in [6, 6.07) is 7.82. The molecule has 0 aliphatic rings. The molecule has 5 nitrogen and oxygen atoms in total. The summed E-state index contributed by atoms with van der Waals surface area (Å²) in [6.45, 7) is 5.99. The second-order valence-electron chi connectivity index (χ2n) is 4.79. The van der Waals surface area contributed by atoms with Gasteiger partial charge in [-0.05, 0) is 26.3 Å². The number of carbonyl (C=O) groups is 2. The molecular formula is C17H19NO4S. The predicted molar refractivity (Wildman–Crippen MR) is 91.1 cm³/mol. The van der Waals surface area contributed by atoms with Gasteiger partial charge in [-0.1, -0.05) is 29.8 Å². The van der Waals surface area contributed by atoms with Gasteiger partial charge in [0, 0.05) is 10.9 Å². The summed E-state index contributed by atoms with van der Waals surface area (Å²) < 4.78 is 10.0. The van der Waals surface area contributed by atoms with Crippen molar-refractivity contribution in [2.45, 2.75) is 20.8 Å². The number of rotatable bonds is 5. The molecule has 1 amide bonds. The Morgan fingerprint density at radius 3 is 2.35 bits per heavy atom. The predicted octanol–water partition coefficient (Wildman–Crippen LogP) is 4.47. The van der Waals surface area contributed by atoms with Crippen LogP contribution in [0.5, 0.6) is 0 Å². The minimum absolute atomic E-state index is 0.261. The highest BCUT2D eigenvalue weighted by atomic mass is 32.1. The molecule has 0 spiro atoms. The third-order valence-electron chi connectivity index (χ3n) is 3.12. The van der Waals surface area contributed by atoms with Gasteiger partial charge in [-0.15, -0.1) is 11.3 Å². The lowest BCUT2D eigenvalue weighted by Crippen LogP contribution is -2.15. The molecular weight excluding hydrogens is 314 g/mol. The van der Waals surface area contributed by atoms with Crippen molar-refractivity contribution in [2.24, 2.45) is 0 Å². The molecule has 2 aromatic rings. The SMILES string of the molecule is CCOC(=O)Nc1scc(-c2ccc(C)cc2)c1C(=O)OCC. The molecule has 1 aromatic heterocycles. The first-order chi connectivity index (χ1) is 11.1. The minimum Gasteiger partial charge on any atom is -0.462 e. The number of hydrogen-bond acceptors (Lipinski definition) is 5. The normalized spacial score (nSPS) is 10.2. The molecule has 0 saturated carbocycles. The van der Waals surface area contributed by atoms with Crippen molar-refractivity contribution in [2.75, 3.05) is 18.5 Å². The zero-order chi connectivity index (χ0) is 16.8. The molecule has 0 unspecified atom stereocenters. The van der Waals surface area contributed by atoms with Crippen LogP contribution in [-0.2, 0) is 9.47 Å². The smallest absolute Gasteiger partial charge is 0.412 e. The van der Waals surface area contributed by atoms with Crippen molar-refractivity contribution in [3.63, 3.8) is 0 Å². The van der Waals surface area contributed by atoms with E-state index in [9.17, 15) is 9.59 Å². The Morgan fingerprint density at radius 1 is 1.09 bits per heavy atom. The zero-order valence-corrected chi connectivity index (χ0v) is 14.2. The molecule has 0 fully saturated rings. The van der Waals surface area contributed by atoms with Crippen molar-refractivity contribution in [1.82, 2.24) is 0 Å². The van der Waals surface area contributed by atoms with E-state index in [1.54, 1.807) is 13.8 Å². The number of aryl methyl sites for hydroxylation is 1. The van der Waals surface area contributed by atoms with Crippen LogP contribution in [-0.4, -0.2) is 25.3 Å². The van der Waals surface area contributed by atoms with E-state index in [0.717, 1.165) is 16.7 Å². The van der Waals surface area contributed by atoms with Crippen LogP contribution in [0, 0.1) is 6.92 Å². The quantitative estimate of drug-likeness (QED) is 0.820. The van der Waals surface area contributed by atoms with Gasteiger partial charge in [-0.25, -0.2) is 9.59 Å². The fraction of sp³-hybridized carbons (Fsp3) is 0.294. The monoisotopic (exact) mass is 333 g/mol. The summed E-state index contributed by atoms with van der Waals surface area (Å²) in [6.07, 6.45) is -0.588. The Labute approximate surface area is 139 Å². The first kappa shape index (κ1) is 17.0. The number of benzene rings is 1. The van der Waals surface area contributed by atoms with Gasteiger partial charge < -0.3 is 9.47 Å². The maximum atomic E-state index is 12.3. The van der Waals surface area contributed by atoms with Crippen molar-refractivity contribution >= 4 is 28.4 Å². The number of thiophene rings is 1. The number of hydrogen-bond donors (Lipinski definition) is 1. The molecule has 0 aliphatic carbocycles. The number of anilines is 1. The Bertz CT molecular complexity index is 691. The lowest BCUT2D eigenvalue weighted by atomic mass is 10.0. The Balaban J connectivity index is 2.42. The highest BCUT2D eigenvalue weighted by Gasteiger charge is 2.23. The second-order valence-corrected chi connectivity index (χ2v) is 5.67. The molecule has 122 valence electrons. The Morgan fingerprint density at radius 2 is 1.74 bits per heavy atom. The fourth-order valence-corrected chi connectivity index (χ4v) is 3.00. The highest BCUT2D eigenvalue weighted by Crippen LogP contribution is 2.36. The first-order valence-electron chi connectivity index (χ1n) is 7.36. The van der Waals surface area contributed by atoms with Crippen LogP contribution in [0.1, 0.15) is 29.8 Å².